The zero-order valence-corrected chi connectivity index (χ0v) is 26.8. The lowest BCUT2D eigenvalue weighted by Gasteiger charge is -2.49. The van der Waals surface area contributed by atoms with Crippen LogP contribution >= 0.6 is 0 Å². The molecule has 0 aliphatic carbocycles. The molecule has 3 aliphatic rings. The number of alkyl halides is 3. The zero-order chi connectivity index (χ0) is 34.7. The number of ether oxygens (including phenoxy) is 2. The van der Waals surface area contributed by atoms with E-state index in [4.69, 9.17) is 15.2 Å². The van der Waals surface area contributed by atoms with E-state index in [-0.39, 0.29) is 59.0 Å². The van der Waals surface area contributed by atoms with Gasteiger partial charge in [0.1, 0.15) is 11.6 Å². The molecule has 0 bridgehead atoms. The van der Waals surface area contributed by atoms with Gasteiger partial charge in [-0.1, -0.05) is 13.0 Å². The van der Waals surface area contributed by atoms with E-state index in [1.165, 1.54) is 4.90 Å². The third kappa shape index (κ3) is 6.07. The van der Waals surface area contributed by atoms with Gasteiger partial charge in [-0.15, -0.1) is 0 Å². The van der Waals surface area contributed by atoms with Crippen LogP contribution in [-0.2, 0) is 22.5 Å². The van der Waals surface area contributed by atoms with Gasteiger partial charge in [0, 0.05) is 30.5 Å². The molecular formula is C33H34F4N8O4. The largest absolute Gasteiger partial charge is 0.482 e. The first-order valence-electron chi connectivity index (χ1n) is 16.0. The third-order valence-electron chi connectivity index (χ3n) is 9.69. The lowest BCUT2D eigenvalue weighted by Crippen LogP contribution is -2.61. The standard InChI is InChI=1S/C33H34F4N8O4/c1-18(33(35,36)37)9-23-29(30(38)47)28(22-13-41-45(31(22)42-23)21-5-7-43(8-6-21)32(2)16-48-17-32)19-3-4-24-25(10-19)49-15-27(46)44(24)14-26-39-11-20(34)12-40-26/h3-4,10-13,18,21H,5-9,14-17H2,1-2H3,(H2,38,47). The number of primary amides is 1. The molecule has 2 saturated heterocycles. The van der Waals surface area contributed by atoms with Crippen molar-refractivity contribution in [1.82, 2.24) is 29.6 Å². The Bertz CT molecular complexity index is 1920. The predicted molar refractivity (Wildman–Crippen MR) is 168 cm³/mol. The van der Waals surface area contributed by atoms with Gasteiger partial charge < -0.3 is 15.2 Å². The Labute approximate surface area is 278 Å². The summed E-state index contributed by atoms with van der Waals surface area (Å²) < 4.78 is 68.0. The molecule has 0 saturated carbocycles. The van der Waals surface area contributed by atoms with Crippen LogP contribution in [-0.4, -0.2) is 86.1 Å². The number of nitrogens with two attached hydrogens (primary N) is 1. The summed E-state index contributed by atoms with van der Waals surface area (Å²) >= 11 is 0. The molecule has 3 aromatic heterocycles. The summed E-state index contributed by atoms with van der Waals surface area (Å²) in [6.45, 7) is 5.74. The predicted octanol–water partition coefficient (Wildman–Crippen LogP) is 4.22. The molecular weight excluding hydrogens is 648 g/mol. The van der Waals surface area contributed by atoms with E-state index in [9.17, 15) is 27.2 Å². The average molecular weight is 683 g/mol. The van der Waals surface area contributed by atoms with Gasteiger partial charge in [-0.05, 0) is 37.5 Å². The van der Waals surface area contributed by atoms with E-state index >= 15 is 0 Å². The molecule has 1 aromatic carbocycles. The molecule has 1 atom stereocenters. The van der Waals surface area contributed by atoms with Crippen LogP contribution in [0.25, 0.3) is 22.2 Å². The Morgan fingerprint density at radius 3 is 2.49 bits per heavy atom. The Balaban J connectivity index is 1.31. The number of anilines is 1. The monoisotopic (exact) mass is 682 g/mol. The van der Waals surface area contributed by atoms with Crippen LogP contribution in [0, 0.1) is 11.7 Å². The Hall–Kier alpha value is -4.70. The molecule has 0 spiro atoms. The number of pyridine rings is 1. The smallest absolute Gasteiger partial charge is 0.391 e. The SMILES string of the molecule is CC(Cc1nc2c(cnn2C2CCN(C3(C)COC3)CC2)c(-c2ccc3c(c2)OCC(=O)N3Cc2ncc(F)cn2)c1C(N)=O)C(F)(F)F. The number of rotatable bonds is 8. The third-order valence-corrected chi connectivity index (χ3v) is 9.69. The maximum Gasteiger partial charge on any atom is 0.391 e. The number of carbonyl (C=O) groups excluding carboxylic acids is 2. The van der Waals surface area contributed by atoms with E-state index in [0.29, 0.717) is 35.5 Å². The number of likely N-dealkylation sites (tertiary alicyclic amines) is 1. The molecule has 6 heterocycles. The summed E-state index contributed by atoms with van der Waals surface area (Å²) in [7, 11) is 0. The second kappa shape index (κ2) is 12.3. The van der Waals surface area contributed by atoms with Crippen molar-refractivity contribution < 1.29 is 36.6 Å². The minimum Gasteiger partial charge on any atom is -0.482 e. The number of benzene rings is 1. The Kier molecular flexibility index (Phi) is 8.25. The highest BCUT2D eigenvalue weighted by molar-refractivity contribution is 6.09. The normalized spacial score (nSPS) is 19.0. The highest BCUT2D eigenvalue weighted by atomic mass is 19.4. The summed E-state index contributed by atoms with van der Waals surface area (Å²) in [4.78, 5) is 42.3. The quantitative estimate of drug-likeness (QED) is 0.271. The van der Waals surface area contributed by atoms with E-state index < -0.39 is 30.2 Å². The van der Waals surface area contributed by atoms with Gasteiger partial charge >= 0.3 is 6.18 Å². The van der Waals surface area contributed by atoms with Crippen molar-refractivity contribution in [2.24, 2.45) is 11.7 Å². The second-order valence-electron chi connectivity index (χ2n) is 13.1. The summed E-state index contributed by atoms with van der Waals surface area (Å²) in [6, 6.07) is 4.77. The number of aromatic nitrogens is 5. The minimum absolute atomic E-state index is 0.0133. The first kappa shape index (κ1) is 32.8. The number of halogens is 4. The van der Waals surface area contributed by atoms with E-state index in [1.807, 2.05) is 0 Å². The number of hydrogen-bond acceptors (Lipinski definition) is 9. The molecule has 16 heteroatoms. The molecule has 2 amide bonds. The van der Waals surface area contributed by atoms with Crippen LogP contribution < -0.4 is 15.4 Å². The molecule has 7 rings (SSSR count). The number of fused-ring (bicyclic) bond motifs is 2. The van der Waals surface area contributed by atoms with E-state index in [0.717, 1.165) is 45.2 Å². The van der Waals surface area contributed by atoms with Crippen LogP contribution in [0.5, 0.6) is 5.75 Å². The lowest BCUT2D eigenvalue weighted by molar-refractivity contribution is -0.169. The second-order valence-corrected chi connectivity index (χ2v) is 13.1. The molecule has 3 aliphatic heterocycles. The van der Waals surface area contributed by atoms with Gasteiger partial charge in [-0.25, -0.2) is 24.0 Å². The fourth-order valence-corrected chi connectivity index (χ4v) is 6.82. The summed E-state index contributed by atoms with van der Waals surface area (Å²) in [5, 5.41) is 5.12. The summed E-state index contributed by atoms with van der Waals surface area (Å²) in [5.74, 6) is -3.27. The Morgan fingerprint density at radius 1 is 1.14 bits per heavy atom. The molecule has 2 fully saturated rings. The van der Waals surface area contributed by atoms with Gasteiger partial charge in [0.25, 0.3) is 11.8 Å². The topological polar surface area (TPSA) is 142 Å². The van der Waals surface area contributed by atoms with Crippen LogP contribution in [0.15, 0.2) is 36.8 Å². The minimum atomic E-state index is -4.54. The molecule has 1 unspecified atom stereocenters. The first-order valence-corrected chi connectivity index (χ1v) is 16.0. The maximum absolute atomic E-state index is 13.9. The Morgan fingerprint density at radius 2 is 1.86 bits per heavy atom. The molecule has 12 nitrogen and oxygen atoms in total. The van der Waals surface area contributed by atoms with Crippen molar-refractivity contribution in [2.45, 2.75) is 57.4 Å². The fourth-order valence-electron chi connectivity index (χ4n) is 6.82. The van der Waals surface area contributed by atoms with E-state index in [2.05, 4.69) is 31.9 Å². The average Bonchev–Trinajstić information content (AvgIpc) is 3.48. The summed E-state index contributed by atoms with van der Waals surface area (Å²) in [6.07, 6.45) is -0.0645. The zero-order valence-electron chi connectivity index (χ0n) is 26.8. The van der Waals surface area contributed by atoms with Crippen molar-refractivity contribution in [3.63, 3.8) is 0 Å². The van der Waals surface area contributed by atoms with Crippen LogP contribution in [0.3, 0.4) is 0 Å². The number of piperidine rings is 1. The van der Waals surface area contributed by atoms with Crippen molar-refractivity contribution >= 4 is 28.5 Å². The van der Waals surface area contributed by atoms with Gasteiger partial charge in [-0.3, -0.25) is 19.4 Å². The van der Waals surface area contributed by atoms with Crippen molar-refractivity contribution in [1.29, 1.82) is 0 Å². The van der Waals surface area contributed by atoms with E-state index in [1.54, 1.807) is 29.1 Å². The van der Waals surface area contributed by atoms with Crippen LogP contribution in [0.4, 0.5) is 23.2 Å². The number of carbonyl (C=O) groups is 2. The van der Waals surface area contributed by atoms with Crippen LogP contribution in [0.2, 0.25) is 0 Å². The molecule has 2 N–H and O–H groups in total. The highest BCUT2D eigenvalue weighted by Crippen LogP contribution is 2.42. The molecule has 258 valence electrons. The summed E-state index contributed by atoms with van der Waals surface area (Å²) in [5.41, 5.74) is 7.09. The van der Waals surface area contributed by atoms with Crippen LogP contribution in [0.1, 0.15) is 54.6 Å². The highest BCUT2D eigenvalue weighted by Gasteiger charge is 2.42. The number of amides is 2. The van der Waals surface area contributed by atoms with Crippen molar-refractivity contribution in [2.75, 3.05) is 37.8 Å². The van der Waals surface area contributed by atoms with Gasteiger partial charge in [0.2, 0.25) is 0 Å². The van der Waals surface area contributed by atoms with Gasteiger partial charge in [0.05, 0.1) is 72.8 Å². The number of nitrogens with zero attached hydrogens (tertiary/aromatic N) is 7. The van der Waals surface area contributed by atoms with Gasteiger partial charge in [0.15, 0.2) is 18.1 Å². The lowest BCUT2D eigenvalue weighted by atomic mass is 9.91. The molecule has 0 radical (unpaired) electrons. The first-order chi connectivity index (χ1) is 23.3. The fraction of sp³-hybridized carbons (Fsp3) is 0.455. The molecule has 49 heavy (non-hydrogen) atoms. The van der Waals surface area contributed by atoms with Gasteiger partial charge in [-0.2, -0.15) is 18.3 Å². The van der Waals surface area contributed by atoms with Crippen molar-refractivity contribution in [3.8, 4) is 16.9 Å². The molecule has 4 aromatic rings. The number of hydrogen-bond donors (Lipinski definition) is 1. The van der Waals surface area contributed by atoms with Crippen molar-refractivity contribution in [3.05, 3.63) is 59.7 Å². The maximum atomic E-state index is 13.9.